The van der Waals surface area contributed by atoms with E-state index in [-0.39, 0.29) is 0 Å². The molecule has 5 heteroatoms. The monoisotopic (exact) mass is 295 g/mol. The van der Waals surface area contributed by atoms with Crippen LogP contribution in [0.2, 0.25) is 0 Å². The zero-order chi connectivity index (χ0) is 13.9. The molecule has 2 saturated heterocycles. The standard InChI is InChI=1S/C15H25N3OS/c1-16(2)4-5-18-6-7-19-15-11-17(10-14(15)18)9-13-3-8-20-12-13/h3,8,12,14-15H,4-7,9-11H2,1-2H3/t14-,15+/m0/s1. The van der Waals surface area contributed by atoms with Crippen LogP contribution in [0.5, 0.6) is 0 Å². The lowest BCUT2D eigenvalue weighted by Gasteiger charge is -2.37. The summed E-state index contributed by atoms with van der Waals surface area (Å²) >= 11 is 1.79. The average Bonchev–Trinajstić information content (AvgIpc) is 3.05. The maximum atomic E-state index is 5.99. The summed E-state index contributed by atoms with van der Waals surface area (Å²) < 4.78 is 5.99. The summed E-state index contributed by atoms with van der Waals surface area (Å²) in [6, 6.07) is 2.82. The highest BCUT2D eigenvalue weighted by atomic mass is 32.1. The molecule has 3 rings (SSSR count). The van der Waals surface area contributed by atoms with Crippen LogP contribution < -0.4 is 0 Å². The lowest BCUT2D eigenvalue weighted by molar-refractivity contribution is -0.0483. The summed E-state index contributed by atoms with van der Waals surface area (Å²) in [5.41, 5.74) is 1.44. The molecule has 0 spiro atoms. The summed E-state index contributed by atoms with van der Waals surface area (Å²) in [6.07, 6.45) is 0.407. The zero-order valence-corrected chi connectivity index (χ0v) is 13.3. The van der Waals surface area contributed by atoms with Crippen molar-refractivity contribution in [1.82, 2.24) is 14.7 Å². The predicted molar refractivity (Wildman–Crippen MR) is 83.3 cm³/mol. The van der Waals surface area contributed by atoms with E-state index in [1.54, 1.807) is 11.3 Å². The first-order valence-corrected chi connectivity index (χ1v) is 8.40. The van der Waals surface area contributed by atoms with E-state index in [1.807, 2.05) is 0 Å². The normalized spacial score (nSPS) is 28.1. The summed E-state index contributed by atoms with van der Waals surface area (Å²) in [6.45, 7) is 7.56. The van der Waals surface area contributed by atoms with Gasteiger partial charge in [-0.15, -0.1) is 0 Å². The van der Waals surface area contributed by atoms with E-state index >= 15 is 0 Å². The fourth-order valence-corrected chi connectivity index (χ4v) is 3.87. The molecular formula is C15H25N3OS. The number of likely N-dealkylation sites (N-methyl/N-ethyl adjacent to an activating group) is 1. The summed E-state index contributed by atoms with van der Waals surface area (Å²) in [7, 11) is 4.30. The molecule has 112 valence electrons. The van der Waals surface area contributed by atoms with Gasteiger partial charge in [-0.2, -0.15) is 11.3 Å². The van der Waals surface area contributed by atoms with Crippen molar-refractivity contribution in [2.45, 2.75) is 18.7 Å². The number of hydrogen-bond acceptors (Lipinski definition) is 5. The molecule has 1 aromatic rings. The summed E-state index contributed by atoms with van der Waals surface area (Å²) in [5.74, 6) is 0. The van der Waals surface area contributed by atoms with E-state index in [1.165, 1.54) is 5.56 Å². The molecule has 2 atom stereocenters. The second kappa shape index (κ2) is 6.54. The Kier molecular flexibility index (Phi) is 4.73. The molecule has 0 N–H and O–H groups in total. The third kappa shape index (κ3) is 3.40. The van der Waals surface area contributed by atoms with Gasteiger partial charge in [-0.25, -0.2) is 0 Å². The van der Waals surface area contributed by atoms with Crippen LogP contribution in [0.15, 0.2) is 16.8 Å². The van der Waals surface area contributed by atoms with Crippen LogP contribution in [0, 0.1) is 0 Å². The minimum Gasteiger partial charge on any atom is -0.374 e. The van der Waals surface area contributed by atoms with Gasteiger partial charge in [-0.3, -0.25) is 9.80 Å². The highest BCUT2D eigenvalue weighted by Crippen LogP contribution is 2.24. The Morgan fingerprint density at radius 2 is 2.30 bits per heavy atom. The van der Waals surface area contributed by atoms with E-state index in [2.05, 4.69) is 45.6 Å². The molecule has 0 aromatic carbocycles. The van der Waals surface area contributed by atoms with Crippen LogP contribution in [0.4, 0.5) is 0 Å². The molecule has 20 heavy (non-hydrogen) atoms. The third-order valence-electron chi connectivity index (χ3n) is 4.31. The third-order valence-corrected chi connectivity index (χ3v) is 5.04. The van der Waals surface area contributed by atoms with E-state index < -0.39 is 0 Å². The van der Waals surface area contributed by atoms with Crippen molar-refractivity contribution >= 4 is 11.3 Å². The first-order chi connectivity index (χ1) is 9.72. The number of thiophene rings is 1. The fraction of sp³-hybridized carbons (Fsp3) is 0.733. The highest BCUT2D eigenvalue weighted by Gasteiger charge is 2.39. The van der Waals surface area contributed by atoms with Gasteiger partial charge >= 0.3 is 0 Å². The number of ether oxygens (including phenoxy) is 1. The van der Waals surface area contributed by atoms with Crippen LogP contribution in [0.3, 0.4) is 0 Å². The maximum absolute atomic E-state index is 5.99. The highest BCUT2D eigenvalue weighted by molar-refractivity contribution is 7.07. The number of nitrogens with zero attached hydrogens (tertiary/aromatic N) is 3. The molecule has 4 nitrogen and oxygen atoms in total. The second-order valence-electron chi connectivity index (χ2n) is 6.14. The van der Waals surface area contributed by atoms with Crippen LogP contribution >= 0.6 is 11.3 Å². The molecule has 0 unspecified atom stereocenters. The molecule has 2 aliphatic heterocycles. The van der Waals surface area contributed by atoms with Crippen LogP contribution in [-0.2, 0) is 11.3 Å². The Morgan fingerprint density at radius 3 is 3.05 bits per heavy atom. The van der Waals surface area contributed by atoms with Gasteiger partial charge in [0.1, 0.15) is 0 Å². The van der Waals surface area contributed by atoms with Gasteiger partial charge in [-0.05, 0) is 36.5 Å². The molecule has 2 aliphatic rings. The van der Waals surface area contributed by atoms with Crippen LogP contribution in [-0.4, -0.2) is 80.3 Å². The topological polar surface area (TPSA) is 19.0 Å². The van der Waals surface area contributed by atoms with Crippen molar-refractivity contribution in [2.75, 3.05) is 53.4 Å². The van der Waals surface area contributed by atoms with Gasteiger partial charge in [0.2, 0.25) is 0 Å². The first kappa shape index (κ1) is 14.5. The molecular weight excluding hydrogens is 270 g/mol. The van der Waals surface area contributed by atoms with E-state index in [0.717, 1.165) is 45.9 Å². The van der Waals surface area contributed by atoms with Gasteiger partial charge in [0.25, 0.3) is 0 Å². The predicted octanol–water partition coefficient (Wildman–Crippen LogP) is 1.19. The lowest BCUT2D eigenvalue weighted by Crippen LogP contribution is -2.52. The molecule has 2 fully saturated rings. The van der Waals surface area contributed by atoms with Gasteiger partial charge < -0.3 is 9.64 Å². The summed E-state index contributed by atoms with van der Waals surface area (Å²) in [4.78, 5) is 7.44. The molecule has 0 saturated carbocycles. The first-order valence-electron chi connectivity index (χ1n) is 7.46. The summed E-state index contributed by atoms with van der Waals surface area (Å²) in [5, 5.41) is 4.42. The Balaban J connectivity index is 1.57. The number of morpholine rings is 1. The Hall–Kier alpha value is -0.460. The van der Waals surface area contributed by atoms with Crippen molar-refractivity contribution in [1.29, 1.82) is 0 Å². The molecule has 3 heterocycles. The Morgan fingerprint density at radius 1 is 1.40 bits per heavy atom. The van der Waals surface area contributed by atoms with E-state index in [0.29, 0.717) is 12.1 Å². The molecule has 0 aliphatic carbocycles. The Bertz CT molecular complexity index is 409. The van der Waals surface area contributed by atoms with Crippen molar-refractivity contribution in [3.8, 4) is 0 Å². The smallest absolute Gasteiger partial charge is 0.0870 e. The van der Waals surface area contributed by atoms with Gasteiger partial charge in [0, 0.05) is 45.3 Å². The molecule has 0 radical (unpaired) electrons. The van der Waals surface area contributed by atoms with Crippen LogP contribution in [0.25, 0.3) is 0 Å². The number of rotatable bonds is 5. The molecule has 1 aromatic heterocycles. The minimum atomic E-state index is 0.407. The number of fused-ring (bicyclic) bond motifs is 1. The minimum absolute atomic E-state index is 0.407. The van der Waals surface area contributed by atoms with Gasteiger partial charge in [0.15, 0.2) is 0 Å². The molecule has 0 amide bonds. The van der Waals surface area contributed by atoms with Gasteiger partial charge in [0.05, 0.1) is 12.7 Å². The average molecular weight is 295 g/mol. The number of likely N-dealkylation sites (tertiary alicyclic amines) is 1. The van der Waals surface area contributed by atoms with Gasteiger partial charge in [-0.1, -0.05) is 0 Å². The largest absolute Gasteiger partial charge is 0.374 e. The second-order valence-corrected chi connectivity index (χ2v) is 6.92. The quantitative estimate of drug-likeness (QED) is 0.812. The van der Waals surface area contributed by atoms with Crippen molar-refractivity contribution in [3.05, 3.63) is 22.4 Å². The Labute approximate surface area is 125 Å². The van der Waals surface area contributed by atoms with Crippen molar-refractivity contribution in [2.24, 2.45) is 0 Å². The zero-order valence-electron chi connectivity index (χ0n) is 12.5. The number of hydrogen-bond donors (Lipinski definition) is 0. The van der Waals surface area contributed by atoms with Crippen LogP contribution in [0.1, 0.15) is 5.56 Å². The van der Waals surface area contributed by atoms with Crippen molar-refractivity contribution in [3.63, 3.8) is 0 Å². The van der Waals surface area contributed by atoms with E-state index in [9.17, 15) is 0 Å². The van der Waals surface area contributed by atoms with E-state index in [4.69, 9.17) is 4.74 Å². The SMILES string of the molecule is CN(C)CCN1CCO[C@@H]2CN(Cc3ccsc3)C[C@@H]21. The van der Waals surface area contributed by atoms with Crippen molar-refractivity contribution < 1.29 is 4.74 Å². The maximum Gasteiger partial charge on any atom is 0.0870 e. The fourth-order valence-electron chi connectivity index (χ4n) is 3.21. The lowest BCUT2D eigenvalue weighted by atomic mass is 10.1. The molecule has 0 bridgehead atoms.